The number of aliphatic hydroxyl groups is 2. The number of aliphatic hydroxyl groups excluding tert-OH is 1. The minimum absolute atomic E-state index is 0.0809. The number of epoxide rings is 1. The first-order valence-electron chi connectivity index (χ1n) is 16.8. The number of hydrogen-bond donors (Lipinski definition) is 3. The summed E-state index contributed by atoms with van der Waals surface area (Å²) in [4.78, 5) is 3.96. The van der Waals surface area contributed by atoms with Crippen LogP contribution in [-0.4, -0.2) is 56.4 Å². The molecule has 5 aliphatic carbocycles. The number of H-pyrrole nitrogens is 1. The van der Waals surface area contributed by atoms with E-state index in [1.54, 1.807) is 0 Å². The maximum atomic E-state index is 13.2. The first-order valence-corrected chi connectivity index (χ1v) is 17.2. The Hall–Kier alpha value is -1.67. The van der Waals surface area contributed by atoms with Crippen LogP contribution in [0.5, 0.6) is 0 Å². The molecule has 0 amide bonds. The van der Waals surface area contributed by atoms with Crippen LogP contribution in [-0.2, 0) is 26.0 Å². The Kier molecular flexibility index (Phi) is 4.81. The molecule has 0 radical (unpaired) electrons. The SMILES string of the molecule is C=C(C)[C@H]1O[C@@H]2CC[C@]3(C)[C@@](O)(CC[C@H]4[C@@H]5OC(C)(C)[C@H]6C[C@H]7C(=C)Cc8c(Cl)cc9[nH]c(c5c9c8[C@@H]76)[C@]43C)[C@@]23O[C@H]3[C@@H]1O. The van der Waals surface area contributed by atoms with E-state index in [9.17, 15) is 10.2 Å². The van der Waals surface area contributed by atoms with E-state index in [2.05, 4.69) is 51.9 Å². The fourth-order valence-electron chi connectivity index (χ4n) is 12.7. The number of fused-ring (bicyclic) bond motifs is 5. The second-order valence-electron chi connectivity index (χ2n) is 16.8. The maximum Gasteiger partial charge on any atom is 0.153 e. The quantitative estimate of drug-likeness (QED) is 0.249. The van der Waals surface area contributed by atoms with E-state index in [1.807, 2.05) is 6.92 Å². The summed E-state index contributed by atoms with van der Waals surface area (Å²) < 4.78 is 20.5. The third kappa shape index (κ3) is 2.59. The van der Waals surface area contributed by atoms with Crippen LogP contribution in [0.1, 0.15) is 101 Å². The van der Waals surface area contributed by atoms with E-state index in [-0.39, 0.29) is 23.7 Å². The molecule has 4 heterocycles. The predicted molar refractivity (Wildman–Crippen MR) is 168 cm³/mol. The van der Waals surface area contributed by atoms with E-state index >= 15 is 0 Å². The van der Waals surface area contributed by atoms with Crippen molar-refractivity contribution < 1.29 is 24.4 Å². The number of allylic oxidation sites excluding steroid dienone is 1. The normalized spacial score (nSPS) is 51.7. The Balaban J connectivity index is 1.20. The van der Waals surface area contributed by atoms with Crippen molar-refractivity contribution in [3.63, 3.8) is 0 Å². The van der Waals surface area contributed by atoms with Crippen LogP contribution in [0.3, 0.4) is 0 Å². The number of rotatable bonds is 1. The molecule has 0 unspecified atom stereocenters. The largest absolute Gasteiger partial charge is 0.387 e. The molecule has 0 bridgehead atoms. The number of ether oxygens (including phenoxy) is 3. The van der Waals surface area contributed by atoms with Gasteiger partial charge in [-0.1, -0.05) is 44.2 Å². The molecule has 5 fully saturated rings. The van der Waals surface area contributed by atoms with Gasteiger partial charge in [0.2, 0.25) is 0 Å². The highest BCUT2D eigenvalue weighted by Gasteiger charge is 2.86. The summed E-state index contributed by atoms with van der Waals surface area (Å²) in [5.74, 6) is 1.43. The van der Waals surface area contributed by atoms with Crippen molar-refractivity contribution in [2.45, 2.75) is 132 Å². The van der Waals surface area contributed by atoms with Gasteiger partial charge >= 0.3 is 0 Å². The van der Waals surface area contributed by atoms with Gasteiger partial charge in [-0.2, -0.15) is 0 Å². The van der Waals surface area contributed by atoms with Crippen LogP contribution in [0.2, 0.25) is 5.02 Å². The molecule has 1 spiro atoms. The maximum absolute atomic E-state index is 13.2. The van der Waals surface area contributed by atoms with Crippen LogP contribution in [0.15, 0.2) is 30.4 Å². The molecule has 6 nitrogen and oxygen atoms in total. The van der Waals surface area contributed by atoms with E-state index < -0.39 is 40.3 Å². The van der Waals surface area contributed by atoms with Crippen LogP contribution in [0.4, 0.5) is 0 Å². The van der Waals surface area contributed by atoms with Crippen molar-refractivity contribution in [2.24, 2.45) is 23.2 Å². The Morgan fingerprint density at radius 3 is 2.61 bits per heavy atom. The van der Waals surface area contributed by atoms with Gasteiger partial charge in [-0.3, -0.25) is 0 Å². The average Bonchev–Trinajstić information content (AvgIpc) is 3.53. The van der Waals surface area contributed by atoms with Crippen LogP contribution in [0.25, 0.3) is 10.9 Å². The minimum Gasteiger partial charge on any atom is -0.387 e. The summed E-state index contributed by atoms with van der Waals surface area (Å²) in [5, 5.41) is 26.7. The summed E-state index contributed by atoms with van der Waals surface area (Å²) in [6, 6.07) is 2.13. The van der Waals surface area contributed by atoms with Gasteiger partial charge in [0.05, 0.1) is 17.8 Å². The molecule has 2 aromatic rings. The Morgan fingerprint density at radius 1 is 1.09 bits per heavy atom. The Labute approximate surface area is 264 Å². The molecule has 1 aromatic carbocycles. The summed E-state index contributed by atoms with van der Waals surface area (Å²) in [6.45, 7) is 19.8. The minimum atomic E-state index is -1.18. The highest BCUT2D eigenvalue weighted by Crippen LogP contribution is 2.77. The van der Waals surface area contributed by atoms with Gasteiger partial charge in [-0.25, -0.2) is 0 Å². The van der Waals surface area contributed by atoms with Crippen LogP contribution >= 0.6 is 11.6 Å². The smallest absolute Gasteiger partial charge is 0.153 e. The van der Waals surface area contributed by atoms with Gasteiger partial charge in [0.15, 0.2) is 5.60 Å². The predicted octanol–water partition coefficient (Wildman–Crippen LogP) is 6.56. The molecule has 2 saturated heterocycles. The van der Waals surface area contributed by atoms with E-state index in [1.165, 1.54) is 33.3 Å². The van der Waals surface area contributed by atoms with Crippen molar-refractivity contribution in [1.29, 1.82) is 0 Å². The Bertz CT molecular complexity index is 1740. The second kappa shape index (κ2) is 7.72. The number of halogens is 1. The standard InChI is InChI=1S/C37H44ClNO5/c1-15(2)29-28(40)32-37(44-32)23(42-29)9-10-34(6)35(7)19(8-11-36(34,37)41)30-27-26-22(39-31(27)35)14-21(38)18-12-16(3)17-13-20(24(17)25(18)26)33(4,5)43-30/h14,17,19-20,23-24,28-30,32,39-41H,1,3,8-13H2,2,4-7H3/t17-,19-,20-,23+,24-,28+,29+,30-,32-,34-,35-,36-,37+/m0/s1. The molecular weight excluding hydrogens is 574 g/mol. The molecule has 1 aromatic heterocycles. The molecule has 44 heavy (non-hydrogen) atoms. The second-order valence-corrected chi connectivity index (χ2v) is 17.2. The average molecular weight is 618 g/mol. The van der Waals surface area contributed by atoms with E-state index in [4.69, 9.17) is 25.8 Å². The van der Waals surface area contributed by atoms with Gasteiger partial charge in [0.25, 0.3) is 0 Å². The number of aromatic amines is 1. The van der Waals surface area contributed by atoms with E-state index in [0.717, 1.165) is 48.2 Å². The summed E-state index contributed by atoms with van der Waals surface area (Å²) in [7, 11) is 0. The zero-order valence-electron chi connectivity index (χ0n) is 26.4. The summed E-state index contributed by atoms with van der Waals surface area (Å²) in [6.07, 6.45) is 2.76. The van der Waals surface area contributed by atoms with Crippen molar-refractivity contribution in [1.82, 2.24) is 4.98 Å². The van der Waals surface area contributed by atoms with Gasteiger partial charge in [-0.05, 0) is 99.8 Å². The van der Waals surface area contributed by atoms with Crippen LogP contribution in [0, 0.1) is 23.2 Å². The molecule has 7 heteroatoms. The van der Waals surface area contributed by atoms with Crippen LogP contribution < -0.4 is 0 Å². The monoisotopic (exact) mass is 617 g/mol. The lowest BCUT2D eigenvalue weighted by Crippen LogP contribution is -2.76. The van der Waals surface area contributed by atoms with Crippen molar-refractivity contribution in [3.05, 3.63) is 57.8 Å². The zero-order chi connectivity index (χ0) is 30.7. The molecule has 8 aliphatic rings. The lowest BCUT2D eigenvalue weighted by molar-refractivity contribution is -0.274. The molecule has 3 N–H and O–H groups in total. The van der Waals surface area contributed by atoms with Gasteiger partial charge in [0.1, 0.15) is 23.9 Å². The highest BCUT2D eigenvalue weighted by molar-refractivity contribution is 6.32. The molecular formula is C37H44ClNO5. The zero-order valence-corrected chi connectivity index (χ0v) is 27.2. The lowest BCUT2D eigenvalue weighted by Gasteiger charge is -2.66. The van der Waals surface area contributed by atoms with Crippen molar-refractivity contribution in [3.8, 4) is 0 Å². The third-order valence-electron chi connectivity index (χ3n) is 15.1. The number of aromatic nitrogens is 1. The van der Waals surface area contributed by atoms with Crippen molar-refractivity contribution in [2.75, 3.05) is 0 Å². The number of nitrogens with one attached hydrogen (secondary N) is 1. The fourth-order valence-corrected chi connectivity index (χ4v) is 13.0. The van der Waals surface area contributed by atoms with Crippen molar-refractivity contribution >= 4 is 22.5 Å². The lowest BCUT2D eigenvalue weighted by atomic mass is 9.40. The molecule has 3 saturated carbocycles. The van der Waals surface area contributed by atoms with Gasteiger partial charge in [-0.15, -0.1) is 0 Å². The Morgan fingerprint density at radius 2 is 1.86 bits per heavy atom. The fraction of sp³-hybridized carbons (Fsp3) is 0.676. The van der Waals surface area contributed by atoms with Gasteiger partial charge in [0, 0.05) is 43.9 Å². The topological polar surface area (TPSA) is 87.2 Å². The van der Waals surface area contributed by atoms with Gasteiger partial charge < -0.3 is 29.4 Å². The highest BCUT2D eigenvalue weighted by atomic mass is 35.5. The third-order valence-corrected chi connectivity index (χ3v) is 15.4. The molecule has 10 rings (SSSR count). The number of benzene rings is 1. The molecule has 3 aliphatic heterocycles. The first-order chi connectivity index (χ1) is 20.7. The molecule has 13 atom stereocenters. The number of hydrogen-bond acceptors (Lipinski definition) is 5. The summed E-state index contributed by atoms with van der Waals surface area (Å²) in [5.41, 5.74) is 4.97. The van der Waals surface area contributed by atoms with E-state index in [0.29, 0.717) is 24.2 Å². The molecule has 234 valence electrons. The first kappa shape index (κ1) is 27.4. The summed E-state index contributed by atoms with van der Waals surface area (Å²) >= 11 is 7.11.